The topological polar surface area (TPSA) is 189 Å². The Hall–Kier alpha value is -6.77. The Bertz CT molecular complexity index is 2540. The third-order valence-electron chi connectivity index (χ3n) is 11.1. The molecule has 58 heavy (non-hydrogen) atoms. The van der Waals surface area contributed by atoms with E-state index in [2.05, 4.69) is 32.4 Å². The minimum absolute atomic E-state index is 0.0377. The number of piperidine rings is 1. The second-order valence-corrected chi connectivity index (χ2v) is 15.5. The summed E-state index contributed by atoms with van der Waals surface area (Å²) in [4.78, 5) is 93.4. The summed E-state index contributed by atoms with van der Waals surface area (Å²) in [7, 11) is 0. The van der Waals surface area contributed by atoms with Crippen molar-refractivity contribution in [3.63, 3.8) is 0 Å². The van der Waals surface area contributed by atoms with Crippen molar-refractivity contribution in [2.75, 3.05) is 18.4 Å². The highest BCUT2D eigenvalue weighted by molar-refractivity contribution is 6.25. The maximum absolute atomic E-state index is 13.5. The fourth-order valence-corrected chi connectivity index (χ4v) is 8.04. The van der Waals surface area contributed by atoms with Crippen molar-refractivity contribution in [1.29, 1.82) is 0 Å². The summed E-state index contributed by atoms with van der Waals surface area (Å²) in [5.74, 6) is -1.58. The fraction of sp³-hybridized carbons (Fsp3) is 0.326. The number of carbonyl (C=O) groups excluding carboxylic acids is 6. The van der Waals surface area contributed by atoms with E-state index < -0.39 is 35.2 Å². The molecule has 3 aliphatic heterocycles. The predicted molar refractivity (Wildman–Crippen MR) is 214 cm³/mol. The number of pyridine rings is 2. The van der Waals surface area contributed by atoms with Gasteiger partial charge >= 0.3 is 0 Å². The number of fused-ring (bicyclic) bond motifs is 3. The van der Waals surface area contributed by atoms with Crippen LogP contribution in [-0.2, 0) is 33.9 Å². The van der Waals surface area contributed by atoms with E-state index in [4.69, 9.17) is 9.97 Å². The first-order chi connectivity index (χ1) is 27.8. The van der Waals surface area contributed by atoms with Gasteiger partial charge in [-0.3, -0.25) is 49.0 Å². The van der Waals surface area contributed by atoms with E-state index in [9.17, 15) is 28.8 Å². The van der Waals surface area contributed by atoms with E-state index in [0.29, 0.717) is 37.4 Å². The van der Waals surface area contributed by atoms with E-state index in [1.54, 1.807) is 37.4 Å². The summed E-state index contributed by atoms with van der Waals surface area (Å²) in [5, 5.41) is 10.4. The number of benzene rings is 2. The number of anilines is 1. The van der Waals surface area contributed by atoms with E-state index >= 15 is 0 Å². The lowest BCUT2D eigenvalue weighted by Crippen LogP contribution is -2.54. The number of imidazole rings is 1. The lowest BCUT2D eigenvalue weighted by atomic mass is 9.98. The Morgan fingerprint density at radius 1 is 0.948 bits per heavy atom. The average molecular weight is 782 g/mol. The largest absolute Gasteiger partial charge is 0.379 e. The monoisotopic (exact) mass is 781 g/mol. The molecule has 6 amide bonds. The van der Waals surface area contributed by atoms with Crippen LogP contribution in [0.3, 0.4) is 0 Å². The van der Waals surface area contributed by atoms with Crippen molar-refractivity contribution < 1.29 is 28.8 Å². The second kappa shape index (κ2) is 15.0. The van der Waals surface area contributed by atoms with Crippen molar-refractivity contribution in [3.05, 3.63) is 95.3 Å². The molecule has 0 aliphatic carbocycles. The van der Waals surface area contributed by atoms with Crippen LogP contribution in [0.1, 0.15) is 89.7 Å². The molecule has 3 N–H and O–H groups in total. The molecule has 1 fully saturated rings. The summed E-state index contributed by atoms with van der Waals surface area (Å²) in [6.45, 7) is 9.69. The van der Waals surface area contributed by atoms with Crippen LogP contribution >= 0.6 is 0 Å². The highest BCUT2D eigenvalue weighted by Crippen LogP contribution is 2.36. The molecule has 6 heterocycles. The van der Waals surface area contributed by atoms with E-state index in [1.165, 1.54) is 0 Å². The number of amides is 6. The number of nitrogens with zero attached hydrogens (tertiary/aromatic N) is 6. The van der Waals surface area contributed by atoms with Gasteiger partial charge in [0, 0.05) is 79.5 Å². The van der Waals surface area contributed by atoms with Crippen molar-refractivity contribution in [2.24, 2.45) is 0 Å². The van der Waals surface area contributed by atoms with Gasteiger partial charge in [0.15, 0.2) is 0 Å². The normalized spacial score (nSPS) is 16.7. The Morgan fingerprint density at radius 3 is 2.48 bits per heavy atom. The quantitative estimate of drug-likeness (QED) is 0.170. The van der Waals surface area contributed by atoms with Crippen LogP contribution in [0, 0.1) is 0 Å². The molecule has 0 saturated carbocycles. The van der Waals surface area contributed by atoms with Gasteiger partial charge in [0.05, 0.1) is 34.8 Å². The van der Waals surface area contributed by atoms with Crippen molar-refractivity contribution in [1.82, 2.24) is 40.0 Å². The Morgan fingerprint density at radius 2 is 1.74 bits per heavy atom. The van der Waals surface area contributed by atoms with Crippen LogP contribution in [-0.4, -0.2) is 89.4 Å². The van der Waals surface area contributed by atoms with Crippen LogP contribution < -0.4 is 16.0 Å². The maximum Gasteiger partial charge on any atom is 0.269 e. The standard InChI is InChI=1S/C43H43N9O6/c1-5-35-47-38(34-23-50(24(2)53)18-19-51(34)35)27-9-6-8-25-20-32(46-22-29(25)27)26-12-13-31(45-21-26)39(55)44-17-16-43(3,4)49-30-11-7-10-28-37(30)42(58)52(41(28)57)33-14-15-36(54)48-40(33)56/h6-13,20-22,33,49H,5,14-19,23H2,1-4H3,(H,44,55)(H,48,54,56). The molecule has 15 heteroatoms. The summed E-state index contributed by atoms with van der Waals surface area (Å²) >= 11 is 0. The first kappa shape index (κ1) is 38.1. The first-order valence-electron chi connectivity index (χ1n) is 19.4. The molecular weight excluding hydrogens is 739 g/mol. The third-order valence-corrected chi connectivity index (χ3v) is 11.1. The number of hydrogen-bond donors (Lipinski definition) is 3. The molecule has 5 aromatic rings. The average Bonchev–Trinajstić information content (AvgIpc) is 3.70. The predicted octanol–water partition coefficient (Wildman–Crippen LogP) is 4.50. The second-order valence-electron chi connectivity index (χ2n) is 15.5. The molecule has 1 saturated heterocycles. The number of rotatable bonds is 10. The summed E-state index contributed by atoms with van der Waals surface area (Å²) in [5.41, 5.74) is 4.71. The van der Waals surface area contributed by atoms with Crippen molar-refractivity contribution >= 4 is 51.9 Å². The molecule has 2 aromatic carbocycles. The number of aryl methyl sites for hydroxylation is 1. The van der Waals surface area contributed by atoms with E-state index in [1.807, 2.05) is 55.3 Å². The lowest BCUT2D eigenvalue weighted by Gasteiger charge is -2.29. The molecule has 3 aromatic heterocycles. The van der Waals surface area contributed by atoms with Gasteiger partial charge in [-0.2, -0.15) is 0 Å². The molecule has 0 bridgehead atoms. The Labute approximate surface area is 334 Å². The van der Waals surface area contributed by atoms with E-state index in [0.717, 1.165) is 50.4 Å². The number of hydrogen-bond acceptors (Lipinski definition) is 10. The molecule has 0 radical (unpaired) electrons. The van der Waals surface area contributed by atoms with Gasteiger partial charge in [-0.15, -0.1) is 0 Å². The van der Waals surface area contributed by atoms with Gasteiger partial charge in [-0.1, -0.05) is 31.2 Å². The van der Waals surface area contributed by atoms with E-state index in [-0.39, 0.29) is 48.0 Å². The van der Waals surface area contributed by atoms with Crippen LogP contribution in [0.4, 0.5) is 5.69 Å². The van der Waals surface area contributed by atoms with Crippen LogP contribution in [0.5, 0.6) is 0 Å². The van der Waals surface area contributed by atoms with Crippen LogP contribution in [0.25, 0.3) is 33.3 Å². The van der Waals surface area contributed by atoms with Crippen LogP contribution in [0.2, 0.25) is 0 Å². The highest BCUT2D eigenvalue weighted by atomic mass is 16.2. The molecular formula is C43H43N9O6. The zero-order chi connectivity index (χ0) is 40.9. The zero-order valence-corrected chi connectivity index (χ0v) is 32.7. The van der Waals surface area contributed by atoms with Gasteiger partial charge in [0.25, 0.3) is 17.7 Å². The SMILES string of the molecule is CCc1nc(-c2cccc3cc(-c4ccc(C(=O)NCCC(C)(C)Nc5cccc6c5C(=O)N(C5CCC(=O)NC5=O)C6=O)nc4)ncc23)c2n1CCN(C(C)=O)C2. The minimum Gasteiger partial charge on any atom is -0.379 e. The minimum atomic E-state index is -1.06. The molecule has 296 valence electrons. The molecule has 8 rings (SSSR count). The molecule has 1 atom stereocenters. The molecule has 1 unspecified atom stereocenters. The number of carbonyl (C=O) groups is 6. The molecule has 3 aliphatic rings. The van der Waals surface area contributed by atoms with Gasteiger partial charge < -0.3 is 20.1 Å². The van der Waals surface area contributed by atoms with Crippen molar-refractivity contribution in [3.8, 4) is 22.5 Å². The molecule has 0 spiro atoms. The van der Waals surface area contributed by atoms with Crippen molar-refractivity contribution in [2.45, 2.75) is 78.0 Å². The highest BCUT2D eigenvalue weighted by Gasteiger charge is 2.46. The Balaban J connectivity index is 0.916. The first-order valence-corrected chi connectivity index (χ1v) is 19.4. The lowest BCUT2D eigenvalue weighted by molar-refractivity contribution is -0.136. The van der Waals surface area contributed by atoms with Crippen LogP contribution in [0.15, 0.2) is 67.0 Å². The van der Waals surface area contributed by atoms with Gasteiger partial charge in [-0.25, -0.2) is 4.98 Å². The number of aromatic nitrogens is 4. The third kappa shape index (κ3) is 6.96. The maximum atomic E-state index is 13.5. The van der Waals surface area contributed by atoms with Gasteiger partial charge in [-0.05, 0) is 62.4 Å². The van der Waals surface area contributed by atoms with Gasteiger partial charge in [0.1, 0.15) is 17.6 Å². The summed E-state index contributed by atoms with van der Waals surface area (Å²) in [6.07, 6.45) is 4.82. The number of nitrogens with one attached hydrogen (secondary N) is 3. The smallest absolute Gasteiger partial charge is 0.269 e. The summed E-state index contributed by atoms with van der Waals surface area (Å²) < 4.78 is 2.24. The number of imide groups is 2. The fourth-order valence-electron chi connectivity index (χ4n) is 8.04. The molecule has 15 nitrogen and oxygen atoms in total. The Kier molecular flexibility index (Phi) is 9.83. The summed E-state index contributed by atoms with van der Waals surface area (Å²) in [6, 6.07) is 15.4. The van der Waals surface area contributed by atoms with Gasteiger partial charge in [0.2, 0.25) is 17.7 Å². The zero-order valence-electron chi connectivity index (χ0n) is 32.7.